The van der Waals surface area contributed by atoms with E-state index >= 15 is 0 Å². The van der Waals surface area contributed by atoms with Gasteiger partial charge in [-0.25, -0.2) is 9.78 Å². The van der Waals surface area contributed by atoms with Crippen LogP contribution in [0.25, 0.3) is 0 Å². The lowest BCUT2D eigenvalue weighted by Gasteiger charge is -2.08. The number of nitrogens with one attached hydrogen (secondary N) is 2. The van der Waals surface area contributed by atoms with E-state index in [9.17, 15) is 4.79 Å². The lowest BCUT2D eigenvalue weighted by atomic mass is 10.3. The second kappa shape index (κ2) is 5.66. The molecule has 7 heteroatoms. The van der Waals surface area contributed by atoms with E-state index in [1.807, 2.05) is 0 Å². The fourth-order valence-electron chi connectivity index (χ4n) is 1.23. The second-order valence-corrected chi connectivity index (χ2v) is 4.14. The highest BCUT2D eigenvalue weighted by Gasteiger charge is 2.07. The molecule has 2 rings (SSSR count). The summed E-state index contributed by atoms with van der Waals surface area (Å²) in [6.07, 6.45) is 4.41. The van der Waals surface area contributed by atoms with Crippen molar-refractivity contribution in [3.8, 4) is 0 Å². The van der Waals surface area contributed by atoms with Crippen molar-refractivity contribution in [1.82, 2.24) is 9.97 Å². The van der Waals surface area contributed by atoms with Gasteiger partial charge >= 0.3 is 6.03 Å². The van der Waals surface area contributed by atoms with Crippen molar-refractivity contribution in [2.75, 3.05) is 10.6 Å². The molecule has 0 unspecified atom stereocenters. The van der Waals surface area contributed by atoms with Gasteiger partial charge in [0.25, 0.3) is 0 Å². The third kappa shape index (κ3) is 3.32. The fourth-order valence-corrected chi connectivity index (χ4v) is 1.56. The Morgan fingerprint density at radius 3 is 2.72 bits per heavy atom. The zero-order valence-electron chi connectivity index (χ0n) is 9.02. The Morgan fingerprint density at radius 1 is 1.17 bits per heavy atom. The van der Waals surface area contributed by atoms with E-state index < -0.39 is 6.03 Å². The van der Waals surface area contributed by atoms with E-state index in [1.165, 1.54) is 18.6 Å². The lowest BCUT2D eigenvalue weighted by molar-refractivity contribution is 0.262. The first kappa shape index (κ1) is 12.6. The first-order chi connectivity index (χ1) is 8.65. The lowest BCUT2D eigenvalue weighted by Crippen LogP contribution is -2.20. The third-order valence-electron chi connectivity index (χ3n) is 1.98. The van der Waals surface area contributed by atoms with Crippen LogP contribution in [0.4, 0.5) is 16.3 Å². The molecule has 0 bridgehead atoms. The van der Waals surface area contributed by atoms with E-state index in [0.717, 1.165) is 0 Å². The molecular formula is C11H8Cl2N4O. The maximum atomic E-state index is 11.7. The van der Waals surface area contributed by atoms with Crippen molar-refractivity contribution in [2.45, 2.75) is 0 Å². The number of benzene rings is 1. The second-order valence-electron chi connectivity index (χ2n) is 3.29. The quantitative estimate of drug-likeness (QED) is 0.887. The molecule has 0 fully saturated rings. The van der Waals surface area contributed by atoms with Crippen molar-refractivity contribution < 1.29 is 4.79 Å². The normalized spacial score (nSPS) is 9.89. The Kier molecular flexibility index (Phi) is 3.96. The molecule has 1 heterocycles. The van der Waals surface area contributed by atoms with Crippen LogP contribution in [0.3, 0.4) is 0 Å². The van der Waals surface area contributed by atoms with Gasteiger partial charge in [0.2, 0.25) is 0 Å². The molecule has 0 aliphatic carbocycles. The molecule has 5 nitrogen and oxygen atoms in total. The van der Waals surface area contributed by atoms with Gasteiger partial charge < -0.3 is 5.32 Å². The highest BCUT2D eigenvalue weighted by Crippen LogP contribution is 2.25. The SMILES string of the molecule is O=C(Nc1cnccn1)Nc1cc(Cl)ccc1Cl. The molecule has 0 aliphatic heterocycles. The van der Waals surface area contributed by atoms with Crippen LogP contribution in [0.15, 0.2) is 36.8 Å². The van der Waals surface area contributed by atoms with Crippen LogP contribution in [0.1, 0.15) is 0 Å². The largest absolute Gasteiger partial charge is 0.324 e. The van der Waals surface area contributed by atoms with Gasteiger partial charge in [0.05, 0.1) is 16.9 Å². The minimum Gasteiger partial charge on any atom is -0.306 e. The zero-order valence-corrected chi connectivity index (χ0v) is 10.5. The number of carbonyl (C=O) groups excluding carboxylic acids is 1. The Morgan fingerprint density at radius 2 is 2.00 bits per heavy atom. The van der Waals surface area contributed by atoms with Crippen molar-refractivity contribution in [2.24, 2.45) is 0 Å². The number of nitrogens with zero attached hydrogens (tertiary/aromatic N) is 2. The van der Waals surface area contributed by atoms with Gasteiger partial charge in [-0.1, -0.05) is 23.2 Å². The van der Waals surface area contributed by atoms with E-state index in [4.69, 9.17) is 23.2 Å². The number of urea groups is 1. The average Bonchev–Trinajstić information content (AvgIpc) is 2.35. The molecule has 92 valence electrons. The van der Waals surface area contributed by atoms with Gasteiger partial charge in [-0.15, -0.1) is 0 Å². The number of aromatic nitrogens is 2. The first-order valence-electron chi connectivity index (χ1n) is 4.94. The minimum absolute atomic E-state index is 0.341. The molecule has 0 atom stereocenters. The molecule has 0 radical (unpaired) electrons. The number of halogens is 2. The maximum Gasteiger partial charge on any atom is 0.324 e. The predicted octanol–water partition coefficient (Wildman–Crippen LogP) is 3.43. The van der Waals surface area contributed by atoms with E-state index in [2.05, 4.69) is 20.6 Å². The van der Waals surface area contributed by atoms with Crippen molar-refractivity contribution in [3.05, 3.63) is 46.8 Å². The highest BCUT2D eigenvalue weighted by atomic mass is 35.5. The number of hydrogen-bond donors (Lipinski definition) is 2. The molecule has 18 heavy (non-hydrogen) atoms. The van der Waals surface area contributed by atoms with Gasteiger partial charge in [-0.3, -0.25) is 10.3 Å². The maximum absolute atomic E-state index is 11.7. The van der Waals surface area contributed by atoms with Crippen LogP contribution in [-0.4, -0.2) is 16.0 Å². The molecule has 2 aromatic rings. The number of rotatable bonds is 2. The minimum atomic E-state index is -0.473. The van der Waals surface area contributed by atoms with Crippen LogP contribution in [0.2, 0.25) is 10.0 Å². The van der Waals surface area contributed by atoms with Gasteiger partial charge in [-0.05, 0) is 18.2 Å². The fraction of sp³-hybridized carbons (Fsp3) is 0. The number of amides is 2. The summed E-state index contributed by atoms with van der Waals surface area (Å²) >= 11 is 11.7. The van der Waals surface area contributed by atoms with Gasteiger partial charge in [0.15, 0.2) is 5.82 Å². The highest BCUT2D eigenvalue weighted by molar-refractivity contribution is 6.35. The number of anilines is 2. The molecule has 2 N–H and O–H groups in total. The van der Waals surface area contributed by atoms with Crippen LogP contribution in [0, 0.1) is 0 Å². The van der Waals surface area contributed by atoms with E-state index in [1.54, 1.807) is 18.2 Å². The molecular weight excluding hydrogens is 275 g/mol. The summed E-state index contributed by atoms with van der Waals surface area (Å²) in [7, 11) is 0. The Bertz CT molecular complexity index is 562. The predicted molar refractivity (Wildman–Crippen MR) is 71.1 cm³/mol. The topological polar surface area (TPSA) is 66.9 Å². The standard InChI is InChI=1S/C11H8Cl2N4O/c12-7-1-2-8(13)9(5-7)16-11(18)17-10-6-14-3-4-15-10/h1-6H,(H2,15,16,17,18). The summed E-state index contributed by atoms with van der Waals surface area (Å²) < 4.78 is 0. The molecule has 0 saturated heterocycles. The van der Waals surface area contributed by atoms with Crippen molar-refractivity contribution in [3.63, 3.8) is 0 Å². The van der Waals surface area contributed by atoms with Crippen LogP contribution in [0.5, 0.6) is 0 Å². The molecule has 1 aromatic heterocycles. The van der Waals surface area contributed by atoms with Crippen LogP contribution < -0.4 is 10.6 Å². The number of hydrogen-bond acceptors (Lipinski definition) is 3. The smallest absolute Gasteiger partial charge is 0.306 e. The zero-order chi connectivity index (χ0) is 13.0. The molecule has 1 aromatic carbocycles. The Balaban J connectivity index is 2.05. The molecule has 0 aliphatic rings. The summed E-state index contributed by atoms with van der Waals surface area (Å²) in [5.41, 5.74) is 0.422. The first-order valence-corrected chi connectivity index (χ1v) is 5.70. The Labute approximate surface area is 113 Å². The summed E-state index contributed by atoms with van der Waals surface area (Å²) in [6.45, 7) is 0. The number of carbonyl (C=O) groups is 1. The average molecular weight is 283 g/mol. The summed E-state index contributed by atoms with van der Waals surface area (Å²) in [6, 6.07) is 4.32. The molecule has 2 amide bonds. The van der Waals surface area contributed by atoms with E-state index in [0.29, 0.717) is 21.6 Å². The Hall–Kier alpha value is -1.85. The third-order valence-corrected chi connectivity index (χ3v) is 2.55. The van der Waals surface area contributed by atoms with Gasteiger partial charge in [0.1, 0.15) is 0 Å². The van der Waals surface area contributed by atoms with Crippen molar-refractivity contribution in [1.29, 1.82) is 0 Å². The van der Waals surface area contributed by atoms with E-state index in [-0.39, 0.29) is 0 Å². The van der Waals surface area contributed by atoms with Crippen molar-refractivity contribution >= 4 is 40.7 Å². The summed E-state index contributed by atoms with van der Waals surface area (Å²) in [4.78, 5) is 19.4. The molecule has 0 spiro atoms. The van der Waals surface area contributed by atoms with Gasteiger partial charge in [-0.2, -0.15) is 0 Å². The summed E-state index contributed by atoms with van der Waals surface area (Å²) in [5, 5.41) is 5.95. The monoisotopic (exact) mass is 282 g/mol. The molecule has 0 saturated carbocycles. The van der Waals surface area contributed by atoms with Crippen LogP contribution in [-0.2, 0) is 0 Å². The van der Waals surface area contributed by atoms with Gasteiger partial charge in [0, 0.05) is 17.4 Å². The van der Waals surface area contributed by atoms with Crippen LogP contribution >= 0.6 is 23.2 Å². The summed E-state index contributed by atoms with van der Waals surface area (Å²) in [5.74, 6) is 0.341.